The van der Waals surface area contributed by atoms with Gasteiger partial charge < -0.3 is 9.64 Å². The zero-order chi connectivity index (χ0) is 16.2. The lowest BCUT2D eigenvalue weighted by molar-refractivity contribution is -0.125. The minimum atomic E-state index is 0.00463. The molecular formula is C20H21NO2. The van der Waals surface area contributed by atoms with Crippen molar-refractivity contribution in [2.45, 2.75) is 19.9 Å². The van der Waals surface area contributed by atoms with Gasteiger partial charge in [-0.3, -0.25) is 4.79 Å². The second-order valence-electron chi connectivity index (χ2n) is 5.92. The van der Waals surface area contributed by atoms with Crippen LogP contribution in [0.2, 0.25) is 0 Å². The van der Waals surface area contributed by atoms with Gasteiger partial charge in [-0.05, 0) is 47.4 Å². The first-order valence-corrected chi connectivity index (χ1v) is 7.87. The predicted octanol–water partition coefficient (Wildman–Crippen LogP) is 3.60. The van der Waals surface area contributed by atoms with E-state index >= 15 is 0 Å². The van der Waals surface area contributed by atoms with Gasteiger partial charge in [0.2, 0.25) is 5.91 Å². The molecule has 2 aromatic carbocycles. The van der Waals surface area contributed by atoms with E-state index in [1.54, 1.807) is 11.0 Å². The van der Waals surface area contributed by atoms with E-state index in [2.05, 4.69) is 25.1 Å². The van der Waals surface area contributed by atoms with Crippen LogP contribution in [0.4, 0.5) is 0 Å². The number of hydrogen-bond donors (Lipinski definition) is 0. The average Bonchev–Trinajstić information content (AvgIpc) is 3.02. The number of amides is 1. The number of rotatable bonds is 4. The van der Waals surface area contributed by atoms with Crippen molar-refractivity contribution in [2.24, 2.45) is 0 Å². The minimum Gasteiger partial charge on any atom is -0.493 e. The van der Waals surface area contributed by atoms with Crippen LogP contribution in [0.15, 0.2) is 48.5 Å². The zero-order valence-electron chi connectivity index (χ0n) is 13.6. The van der Waals surface area contributed by atoms with Crippen molar-refractivity contribution in [1.29, 1.82) is 0 Å². The third-order valence-corrected chi connectivity index (χ3v) is 4.18. The lowest BCUT2D eigenvalue weighted by Gasteiger charge is -2.16. The van der Waals surface area contributed by atoms with E-state index in [1.807, 2.05) is 37.4 Å². The highest BCUT2D eigenvalue weighted by molar-refractivity contribution is 5.91. The summed E-state index contributed by atoms with van der Waals surface area (Å²) in [6.07, 6.45) is 4.45. The number of carbonyl (C=O) groups excluding carboxylic acids is 1. The Kier molecular flexibility index (Phi) is 4.47. The Morgan fingerprint density at radius 1 is 1.26 bits per heavy atom. The third-order valence-electron chi connectivity index (χ3n) is 4.18. The first-order chi connectivity index (χ1) is 11.1. The van der Waals surface area contributed by atoms with Gasteiger partial charge in [-0.2, -0.15) is 0 Å². The fraction of sp³-hybridized carbons (Fsp3) is 0.250. The smallest absolute Gasteiger partial charge is 0.246 e. The SMILES string of the molecule is Cc1ccccc1CN(C)C(=O)/C=C/c1ccc2c(c1)CCO2. The summed E-state index contributed by atoms with van der Waals surface area (Å²) in [5.41, 5.74) is 4.63. The Bertz CT molecular complexity index is 749. The van der Waals surface area contributed by atoms with E-state index in [-0.39, 0.29) is 5.91 Å². The largest absolute Gasteiger partial charge is 0.493 e. The van der Waals surface area contributed by atoms with E-state index in [0.717, 1.165) is 24.3 Å². The number of nitrogens with zero attached hydrogens (tertiary/aromatic N) is 1. The van der Waals surface area contributed by atoms with E-state index in [9.17, 15) is 4.79 Å². The van der Waals surface area contributed by atoms with E-state index in [1.165, 1.54) is 16.7 Å². The summed E-state index contributed by atoms with van der Waals surface area (Å²) < 4.78 is 5.50. The van der Waals surface area contributed by atoms with Crippen molar-refractivity contribution < 1.29 is 9.53 Å². The lowest BCUT2D eigenvalue weighted by Crippen LogP contribution is -2.24. The fourth-order valence-electron chi connectivity index (χ4n) is 2.73. The van der Waals surface area contributed by atoms with Gasteiger partial charge in [0, 0.05) is 26.1 Å². The summed E-state index contributed by atoms with van der Waals surface area (Å²) in [5.74, 6) is 0.968. The van der Waals surface area contributed by atoms with Gasteiger partial charge in [0.05, 0.1) is 6.61 Å². The molecule has 0 saturated carbocycles. The molecule has 0 saturated heterocycles. The van der Waals surface area contributed by atoms with Crippen LogP contribution in [-0.2, 0) is 17.8 Å². The maximum Gasteiger partial charge on any atom is 0.246 e. The molecule has 0 spiro atoms. The quantitative estimate of drug-likeness (QED) is 0.808. The predicted molar refractivity (Wildman–Crippen MR) is 92.3 cm³/mol. The highest BCUT2D eigenvalue weighted by Crippen LogP contribution is 2.26. The molecule has 1 aliphatic heterocycles. The Balaban J connectivity index is 1.65. The molecule has 0 unspecified atom stereocenters. The molecule has 2 aromatic rings. The van der Waals surface area contributed by atoms with E-state index in [4.69, 9.17) is 4.74 Å². The molecule has 0 fully saturated rings. The van der Waals surface area contributed by atoms with Gasteiger partial charge in [-0.1, -0.05) is 30.3 Å². The number of hydrogen-bond acceptors (Lipinski definition) is 2. The summed E-state index contributed by atoms with van der Waals surface area (Å²) in [7, 11) is 1.83. The average molecular weight is 307 g/mol. The Labute approximate surface area is 137 Å². The highest BCUT2D eigenvalue weighted by atomic mass is 16.5. The van der Waals surface area contributed by atoms with Crippen LogP contribution in [0.25, 0.3) is 6.08 Å². The number of aryl methyl sites for hydroxylation is 1. The first kappa shape index (κ1) is 15.3. The van der Waals surface area contributed by atoms with Crippen molar-refractivity contribution in [3.05, 3.63) is 70.8 Å². The zero-order valence-corrected chi connectivity index (χ0v) is 13.6. The van der Waals surface area contributed by atoms with Crippen molar-refractivity contribution in [3.8, 4) is 5.75 Å². The Hall–Kier alpha value is -2.55. The molecule has 0 radical (unpaired) electrons. The maximum atomic E-state index is 12.3. The molecule has 3 heteroatoms. The van der Waals surface area contributed by atoms with Crippen LogP contribution in [-0.4, -0.2) is 24.5 Å². The first-order valence-electron chi connectivity index (χ1n) is 7.87. The second kappa shape index (κ2) is 6.69. The van der Waals surface area contributed by atoms with Gasteiger partial charge in [-0.25, -0.2) is 0 Å². The van der Waals surface area contributed by atoms with Crippen molar-refractivity contribution >= 4 is 12.0 Å². The lowest BCUT2D eigenvalue weighted by atomic mass is 10.1. The number of carbonyl (C=O) groups is 1. The number of fused-ring (bicyclic) bond motifs is 1. The molecule has 0 N–H and O–H groups in total. The molecule has 1 amide bonds. The molecule has 0 atom stereocenters. The highest BCUT2D eigenvalue weighted by Gasteiger charge is 2.11. The summed E-state index contributed by atoms with van der Waals surface area (Å²) in [6, 6.07) is 14.2. The Morgan fingerprint density at radius 2 is 2.09 bits per heavy atom. The molecule has 1 heterocycles. The number of likely N-dealkylation sites (N-methyl/N-ethyl adjacent to an activating group) is 1. The van der Waals surface area contributed by atoms with Crippen LogP contribution in [0.3, 0.4) is 0 Å². The van der Waals surface area contributed by atoms with Crippen molar-refractivity contribution in [3.63, 3.8) is 0 Å². The molecular weight excluding hydrogens is 286 g/mol. The topological polar surface area (TPSA) is 29.5 Å². The van der Waals surface area contributed by atoms with Gasteiger partial charge in [0.15, 0.2) is 0 Å². The van der Waals surface area contributed by atoms with Crippen LogP contribution in [0.1, 0.15) is 22.3 Å². The molecule has 3 nitrogen and oxygen atoms in total. The summed E-state index contributed by atoms with van der Waals surface area (Å²) in [5, 5.41) is 0. The summed E-state index contributed by atoms with van der Waals surface area (Å²) in [4.78, 5) is 14.0. The third kappa shape index (κ3) is 3.62. The summed E-state index contributed by atoms with van der Waals surface area (Å²) >= 11 is 0. The van der Waals surface area contributed by atoms with Gasteiger partial charge in [0.1, 0.15) is 5.75 Å². The molecule has 0 aromatic heterocycles. The molecule has 0 aliphatic carbocycles. The fourth-order valence-corrected chi connectivity index (χ4v) is 2.73. The second-order valence-corrected chi connectivity index (χ2v) is 5.92. The van der Waals surface area contributed by atoms with Crippen LogP contribution < -0.4 is 4.74 Å². The van der Waals surface area contributed by atoms with E-state index < -0.39 is 0 Å². The Morgan fingerprint density at radius 3 is 2.91 bits per heavy atom. The normalized spacial score (nSPS) is 13.0. The number of benzene rings is 2. The molecule has 118 valence electrons. The molecule has 0 bridgehead atoms. The molecule has 1 aliphatic rings. The van der Waals surface area contributed by atoms with Crippen molar-refractivity contribution in [1.82, 2.24) is 4.90 Å². The van der Waals surface area contributed by atoms with Gasteiger partial charge in [0.25, 0.3) is 0 Å². The van der Waals surface area contributed by atoms with Crippen LogP contribution in [0, 0.1) is 6.92 Å². The van der Waals surface area contributed by atoms with Gasteiger partial charge >= 0.3 is 0 Å². The minimum absolute atomic E-state index is 0.00463. The molecule has 23 heavy (non-hydrogen) atoms. The van der Waals surface area contributed by atoms with Crippen molar-refractivity contribution in [2.75, 3.05) is 13.7 Å². The van der Waals surface area contributed by atoms with Crippen LogP contribution in [0.5, 0.6) is 5.75 Å². The monoisotopic (exact) mass is 307 g/mol. The van der Waals surface area contributed by atoms with E-state index in [0.29, 0.717) is 6.54 Å². The molecule has 3 rings (SSSR count). The standard InChI is InChI=1S/C20H21NO2/c1-15-5-3-4-6-18(15)14-21(2)20(22)10-8-16-7-9-19-17(13-16)11-12-23-19/h3-10,13H,11-12,14H2,1-2H3/b10-8+. The van der Waals surface area contributed by atoms with Gasteiger partial charge in [-0.15, -0.1) is 0 Å². The van der Waals surface area contributed by atoms with Crippen LogP contribution >= 0.6 is 0 Å². The summed E-state index contributed by atoms with van der Waals surface area (Å²) in [6.45, 7) is 3.44. The maximum absolute atomic E-state index is 12.3. The number of ether oxygens (including phenoxy) is 1.